The summed E-state index contributed by atoms with van der Waals surface area (Å²) in [7, 11) is 4.50. The molecule has 9 heteroatoms. The highest BCUT2D eigenvalue weighted by Gasteiger charge is 2.29. The minimum atomic E-state index is -1.13. The van der Waals surface area contributed by atoms with Crippen LogP contribution in [0.1, 0.15) is 60.5 Å². The zero-order valence-corrected chi connectivity index (χ0v) is 25.1. The van der Waals surface area contributed by atoms with Crippen molar-refractivity contribution in [2.45, 2.75) is 48.0 Å². The van der Waals surface area contributed by atoms with Crippen molar-refractivity contribution < 1.29 is 43.1 Å². The lowest BCUT2D eigenvalue weighted by Gasteiger charge is -2.22. The molecule has 0 fully saturated rings. The first-order valence-corrected chi connectivity index (χ1v) is 13.2. The number of aromatic carboxylic acids is 1. The van der Waals surface area contributed by atoms with Gasteiger partial charge in [-0.1, -0.05) is 0 Å². The SMILES string of the molecule is COc1ccc(OCCCOc2c(C)c(C)c(OC(=O)c3c(C)c(C)c(C(=O)O)c(OC)c3C)c(OC)c2C)cc1. The first-order valence-electron chi connectivity index (χ1n) is 13.2. The summed E-state index contributed by atoms with van der Waals surface area (Å²) in [6, 6.07) is 7.38. The molecule has 220 valence electrons. The van der Waals surface area contributed by atoms with Gasteiger partial charge >= 0.3 is 11.9 Å². The van der Waals surface area contributed by atoms with Crippen LogP contribution in [-0.2, 0) is 0 Å². The van der Waals surface area contributed by atoms with Gasteiger partial charge in [-0.3, -0.25) is 0 Å². The monoisotopic (exact) mass is 566 g/mol. The third kappa shape index (κ3) is 6.34. The van der Waals surface area contributed by atoms with E-state index in [0.29, 0.717) is 59.0 Å². The number of methoxy groups -OCH3 is 3. The molecule has 0 radical (unpaired) electrons. The Labute approximate surface area is 240 Å². The van der Waals surface area contributed by atoms with Gasteiger partial charge in [0.25, 0.3) is 0 Å². The Hall–Kier alpha value is -4.40. The molecule has 0 aromatic heterocycles. The largest absolute Gasteiger partial charge is 0.497 e. The van der Waals surface area contributed by atoms with E-state index in [4.69, 9.17) is 28.4 Å². The fourth-order valence-electron chi connectivity index (χ4n) is 4.84. The Balaban J connectivity index is 1.83. The van der Waals surface area contributed by atoms with Gasteiger partial charge in [-0.25, -0.2) is 9.59 Å². The maximum atomic E-state index is 13.5. The summed E-state index contributed by atoms with van der Waals surface area (Å²) in [5, 5.41) is 9.71. The van der Waals surface area contributed by atoms with Crippen LogP contribution in [0.15, 0.2) is 24.3 Å². The summed E-state index contributed by atoms with van der Waals surface area (Å²) in [5.74, 6) is 1.19. The van der Waals surface area contributed by atoms with Crippen molar-refractivity contribution in [2.75, 3.05) is 34.5 Å². The highest BCUT2D eigenvalue weighted by molar-refractivity contribution is 6.01. The topological polar surface area (TPSA) is 110 Å². The number of carbonyl (C=O) groups excluding carboxylic acids is 1. The standard InChI is InChI=1S/C32H38O9/c1-17-18(2)26(31(33)34)28(37-8)21(5)25(17)32(35)41-30-20(4)19(3)27(22(6)29(30)38-9)40-16-10-15-39-24-13-11-23(36-7)12-14-24/h11-14H,10,15-16H2,1-9H3,(H,33,34). The smallest absolute Gasteiger partial charge is 0.344 e. The fraction of sp³-hybridized carbons (Fsp3) is 0.375. The molecular formula is C32H38O9. The number of ether oxygens (including phenoxy) is 6. The normalized spacial score (nSPS) is 10.7. The van der Waals surface area contributed by atoms with E-state index in [9.17, 15) is 14.7 Å². The van der Waals surface area contributed by atoms with Crippen LogP contribution in [0.25, 0.3) is 0 Å². The van der Waals surface area contributed by atoms with Crippen molar-refractivity contribution >= 4 is 11.9 Å². The van der Waals surface area contributed by atoms with Gasteiger partial charge in [-0.2, -0.15) is 0 Å². The van der Waals surface area contributed by atoms with E-state index in [1.807, 2.05) is 45.0 Å². The number of carbonyl (C=O) groups is 2. The number of rotatable bonds is 12. The fourth-order valence-corrected chi connectivity index (χ4v) is 4.84. The zero-order valence-electron chi connectivity index (χ0n) is 25.1. The molecule has 0 aliphatic carbocycles. The number of carboxylic acid groups (broad SMARTS) is 1. The highest BCUT2D eigenvalue weighted by atomic mass is 16.6. The van der Waals surface area contributed by atoms with E-state index in [2.05, 4.69) is 0 Å². The molecule has 0 bridgehead atoms. The van der Waals surface area contributed by atoms with E-state index in [1.165, 1.54) is 14.2 Å². The van der Waals surface area contributed by atoms with Gasteiger partial charge in [0.15, 0.2) is 11.5 Å². The summed E-state index contributed by atoms with van der Waals surface area (Å²) in [5.41, 5.74) is 3.79. The summed E-state index contributed by atoms with van der Waals surface area (Å²) in [6.07, 6.45) is 0.648. The lowest BCUT2D eigenvalue weighted by atomic mass is 9.92. The molecule has 0 aliphatic rings. The van der Waals surface area contributed by atoms with Crippen molar-refractivity contribution in [1.82, 2.24) is 0 Å². The van der Waals surface area contributed by atoms with Gasteiger partial charge in [0.2, 0.25) is 0 Å². The second-order valence-electron chi connectivity index (χ2n) is 9.65. The minimum Gasteiger partial charge on any atom is -0.497 e. The van der Waals surface area contributed by atoms with Crippen molar-refractivity contribution in [1.29, 1.82) is 0 Å². The molecule has 0 unspecified atom stereocenters. The van der Waals surface area contributed by atoms with Gasteiger partial charge in [-0.05, 0) is 82.5 Å². The molecule has 3 aromatic rings. The van der Waals surface area contributed by atoms with Crippen molar-refractivity contribution in [3.8, 4) is 34.5 Å². The Bertz CT molecular complexity index is 1440. The summed E-state index contributed by atoms with van der Waals surface area (Å²) in [6.45, 7) is 11.4. The third-order valence-electron chi connectivity index (χ3n) is 7.27. The quantitative estimate of drug-likeness (QED) is 0.153. The predicted molar refractivity (Wildman–Crippen MR) is 155 cm³/mol. The second-order valence-corrected chi connectivity index (χ2v) is 9.65. The van der Waals surface area contributed by atoms with Crippen LogP contribution in [0.3, 0.4) is 0 Å². The summed E-state index contributed by atoms with van der Waals surface area (Å²) in [4.78, 5) is 25.4. The third-order valence-corrected chi connectivity index (χ3v) is 7.27. The van der Waals surface area contributed by atoms with Crippen molar-refractivity contribution in [2.24, 2.45) is 0 Å². The van der Waals surface area contributed by atoms with Crippen LogP contribution >= 0.6 is 0 Å². The van der Waals surface area contributed by atoms with E-state index < -0.39 is 11.9 Å². The zero-order chi connectivity index (χ0) is 30.4. The second kappa shape index (κ2) is 13.3. The molecule has 0 aliphatic heterocycles. The van der Waals surface area contributed by atoms with Gasteiger partial charge in [-0.15, -0.1) is 0 Å². The first-order chi connectivity index (χ1) is 19.5. The molecule has 41 heavy (non-hydrogen) atoms. The summed E-state index contributed by atoms with van der Waals surface area (Å²) < 4.78 is 34.1. The Morgan fingerprint density at radius 2 is 1.12 bits per heavy atom. The summed E-state index contributed by atoms with van der Waals surface area (Å²) >= 11 is 0. The molecule has 0 heterocycles. The average molecular weight is 567 g/mol. The Morgan fingerprint density at radius 3 is 1.68 bits per heavy atom. The predicted octanol–water partition coefficient (Wildman–Crippen LogP) is 6.33. The lowest BCUT2D eigenvalue weighted by molar-refractivity contribution is 0.0685. The minimum absolute atomic E-state index is 0.0235. The van der Waals surface area contributed by atoms with Crippen molar-refractivity contribution in [3.05, 3.63) is 68.8 Å². The van der Waals surface area contributed by atoms with Crippen LogP contribution in [0.2, 0.25) is 0 Å². The molecule has 3 rings (SSSR count). The Kier molecular flexibility index (Phi) is 10.1. The number of hydrogen-bond donors (Lipinski definition) is 1. The van der Waals surface area contributed by atoms with E-state index in [1.54, 1.807) is 27.9 Å². The van der Waals surface area contributed by atoms with Crippen LogP contribution in [0.5, 0.6) is 34.5 Å². The van der Waals surface area contributed by atoms with Gasteiger partial charge in [0.1, 0.15) is 28.6 Å². The van der Waals surface area contributed by atoms with Gasteiger partial charge in [0.05, 0.1) is 40.1 Å². The van der Waals surface area contributed by atoms with Crippen LogP contribution in [0.4, 0.5) is 0 Å². The molecular weight excluding hydrogens is 528 g/mol. The molecule has 1 N–H and O–H groups in total. The van der Waals surface area contributed by atoms with Gasteiger partial charge < -0.3 is 33.5 Å². The maximum Gasteiger partial charge on any atom is 0.344 e. The van der Waals surface area contributed by atoms with E-state index in [0.717, 1.165) is 17.1 Å². The van der Waals surface area contributed by atoms with Gasteiger partial charge in [0, 0.05) is 23.1 Å². The molecule has 3 aromatic carbocycles. The number of benzene rings is 3. The molecule has 0 spiro atoms. The molecule has 9 nitrogen and oxygen atoms in total. The first kappa shape index (κ1) is 31.1. The average Bonchev–Trinajstić information content (AvgIpc) is 2.95. The molecule has 0 saturated heterocycles. The maximum absolute atomic E-state index is 13.5. The number of carboxylic acids is 1. The molecule has 0 saturated carbocycles. The van der Waals surface area contributed by atoms with Crippen LogP contribution in [-0.4, -0.2) is 51.6 Å². The van der Waals surface area contributed by atoms with E-state index >= 15 is 0 Å². The molecule has 0 atom stereocenters. The highest BCUT2D eigenvalue weighted by Crippen LogP contribution is 2.44. The Morgan fingerprint density at radius 1 is 0.585 bits per heavy atom. The molecule has 0 amide bonds. The van der Waals surface area contributed by atoms with Crippen LogP contribution < -0.4 is 28.4 Å². The van der Waals surface area contributed by atoms with E-state index in [-0.39, 0.29) is 22.6 Å². The number of esters is 1. The lowest BCUT2D eigenvalue weighted by Crippen LogP contribution is -2.18. The van der Waals surface area contributed by atoms with Crippen LogP contribution in [0, 0.1) is 41.5 Å². The number of hydrogen-bond acceptors (Lipinski definition) is 8. The van der Waals surface area contributed by atoms with Crippen molar-refractivity contribution in [3.63, 3.8) is 0 Å².